The molecule has 1 aliphatic carbocycles. The van der Waals surface area contributed by atoms with E-state index in [0.717, 1.165) is 18.5 Å². The van der Waals surface area contributed by atoms with Crippen LogP contribution in [0.3, 0.4) is 0 Å². The minimum atomic E-state index is -0.0961. The van der Waals surface area contributed by atoms with Crippen molar-refractivity contribution in [3.63, 3.8) is 0 Å². The molecular weight excluding hydrogens is 238 g/mol. The van der Waals surface area contributed by atoms with Gasteiger partial charge in [-0.1, -0.05) is 25.0 Å². The van der Waals surface area contributed by atoms with Crippen molar-refractivity contribution >= 4 is 11.7 Å². The number of hydrogen-bond acceptors (Lipinski definition) is 2. The maximum absolute atomic E-state index is 11.9. The van der Waals surface area contributed by atoms with Gasteiger partial charge in [-0.25, -0.2) is 4.79 Å². The largest absolute Gasteiger partial charge is 0.335 e. The Balaban J connectivity index is 1.92. The molecule has 19 heavy (non-hydrogen) atoms. The summed E-state index contributed by atoms with van der Waals surface area (Å²) in [7, 11) is 1.93. The van der Waals surface area contributed by atoms with Crippen molar-refractivity contribution in [3.8, 4) is 0 Å². The number of amides is 2. The van der Waals surface area contributed by atoms with Crippen LogP contribution in [0.5, 0.6) is 0 Å². The van der Waals surface area contributed by atoms with E-state index in [0.29, 0.717) is 6.04 Å². The predicted molar refractivity (Wildman–Crippen MR) is 78.3 cm³/mol. The molecule has 2 amide bonds. The normalized spacial score (nSPS) is 17.2. The molecular formula is C15H23N3O. The van der Waals surface area contributed by atoms with E-state index in [-0.39, 0.29) is 12.1 Å². The summed E-state index contributed by atoms with van der Waals surface area (Å²) in [6.07, 6.45) is 4.65. The standard InChI is InChI=1S/C15H23N3O/c1-11(16-2)12-6-5-9-14(10-12)18-15(19)17-13-7-3-4-8-13/h5-6,9-11,13,16H,3-4,7-8H2,1-2H3,(H2,17,18,19). The van der Waals surface area contributed by atoms with Crippen molar-refractivity contribution in [1.82, 2.24) is 10.6 Å². The molecule has 1 fully saturated rings. The highest BCUT2D eigenvalue weighted by molar-refractivity contribution is 5.89. The maximum atomic E-state index is 11.9. The zero-order chi connectivity index (χ0) is 13.7. The molecule has 2 rings (SSSR count). The molecule has 1 unspecified atom stereocenters. The Morgan fingerprint density at radius 2 is 2.05 bits per heavy atom. The van der Waals surface area contributed by atoms with Gasteiger partial charge in [-0.15, -0.1) is 0 Å². The van der Waals surface area contributed by atoms with Gasteiger partial charge in [0.15, 0.2) is 0 Å². The van der Waals surface area contributed by atoms with Crippen LogP contribution in [0.4, 0.5) is 10.5 Å². The van der Waals surface area contributed by atoms with Gasteiger partial charge in [-0.2, -0.15) is 0 Å². The summed E-state index contributed by atoms with van der Waals surface area (Å²) in [4.78, 5) is 11.9. The number of carbonyl (C=O) groups excluding carboxylic acids is 1. The van der Waals surface area contributed by atoms with Gasteiger partial charge < -0.3 is 16.0 Å². The summed E-state index contributed by atoms with van der Waals surface area (Å²) in [6.45, 7) is 2.09. The van der Waals surface area contributed by atoms with Crippen LogP contribution in [0.25, 0.3) is 0 Å². The lowest BCUT2D eigenvalue weighted by Gasteiger charge is -2.15. The van der Waals surface area contributed by atoms with Crippen LogP contribution in [0.1, 0.15) is 44.2 Å². The Labute approximate surface area is 115 Å². The van der Waals surface area contributed by atoms with E-state index >= 15 is 0 Å². The van der Waals surface area contributed by atoms with Gasteiger partial charge in [0.05, 0.1) is 0 Å². The minimum Gasteiger partial charge on any atom is -0.335 e. The molecule has 1 saturated carbocycles. The molecule has 104 valence electrons. The Hall–Kier alpha value is -1.55. The molecule has 0 aromatic heterocycles. The third-order valence-corrected chi connectivity index (χ3v) is 3.77. The number of nitrogens with one attached hydrogen (secondary N) is 3. The molecule has 0 radical (unpaired) electrons. The SMILES string of the molecule is CNC(C)c1cccc(NC(=O)NC2CCCC2)c1. The number of carbonyl (C=O) groups is 1. The zero-order valence-corrected chi connectivity index (χ0v) is 11.7. The average Bonchev–Trinajstić information content (AvgIpc) is 2.90. The van der Waals surface area contributed by atoms with Crippen LogP contribution in [0, 0.1) is 0 Å². The summed E-state index contributed by atoms with van der Waals surface area (Å²) in [5.41, 5.74) is 2.01. The van der Waals surface area contributed by atoms with Crippen molar-refractivity contribution in [2.75, 3.05) is 12.4 Å². The second kappa shape index (κ2) is 6.57. The number of benzene rings is 1. The van der Waals surface area contributed by atoms with Crippen molar-refractivity contribution in [3.05, 3.63) is 29.8 Å². The molecule has 1 aromatic carbocycles. The predicted octanol–water partition coefficient (Wildman–Crippen LogP) is 3.03. The van der Waals surface area contributed by atoms with E-state index in [4.69, 9.17) is 0 Å². The van der Waals surface area contributed by atoms with Crippen molar-refractivity contribution in [1.29, 1.82) is 0 Å². The molecule has 4 heteroatoms. The Morgan fingerprint density at radius 1 is 1.32 bits per heavy atom. The Bertz CT molecular complexity index is 427. The average molecular weight is 261 g/mol. The van der Waals surface area contributed by atoms with E-state index < -0.39 is 0 Å². The number of rotatable bonds is 4. The lowest BCUT2D eigenvalue weighted by Crippen LogP contribution is -2.36. The molecule has 3 N–H and O–H groups in total. The van der Waals surface area contributed by atoms with Crippen LogP contribution in [0.15, 0.2) is 24.3 Å². The van der Waals surface area contributed by atoms with Gasteiger partial charge >= 0.3 is 6.03 Å². The van der Waals surface area contributed by atoms with Gasteiger partial charge in [0, 0.05) is 17.8 Å². The number of urea groups is 1. The second-order valence-corrected chi connectivity index (χ2v) is 5.22. The van der Waals surface area contributed by atoms with Crippen LogP contribution in [-0.4, -0.2) is 19.1 Å². The molecule has 4 nitrogen and oxygen atoms in total. The van der Waals surface area contributed by atoms with Crippen LogP contribution < -0.4 is 16.0 Å². The van der Waals surface area contributed by atoms with Crippen LogP contribution in [0.2, 0.25) is 0 Å². The third-order valence-electron chi connectivity index (χ3n) is 3.77. The van der Waals surface area contributed by atoms with E-state index in [1.54, 1.807) is 0 Å². The Morgan fingerprint density at radius 3 is 2.74 bits per heavy atom. The summed E-state index contributed by atoms with van der Waals surface area (Å²) in [5.74, 6) is 0. The first-order chi connectivity index (χ1) is 9.19. The highest BCUT2D eigenvalue weighted by atomic mass is 16.2. The lowest BCUT2D eigenvalue weighted by molar-refractivity contribution is 0.248. The fourth-order valence-electron chi connectivity index (χ4n) is 2.48. The third kappa shape index (κ3) is 3.96. The van der Waals surface area contributed by atoms with E-state index in [1.807, 2.05) is 25.2 Å². The number of anilines is 1. The first kappa shape index (κ1) is 13.9. The smallest absolute Gasteiger partial charge is 0.319 e. The van der Waals surface area contributed by atoms with Gasteiger partial charge in [-0.05, 0) is 44.5 Å². The van der Waals surface area contributed by atoms with Crippen LogP contribution >= 0.6 is 0 Å². The summed E-state index contributed by atoms with van der Waals surface area (Å²) >= 11 is 0. The molecule has 0 bridgehead atoms. The van der Waals surface area contributed by atoms with E-state index in [9.17, 15) is 4.79 Å². The van der Waals surface area contributed by atoms with Gasteiger partial charge in [-0.3, -0.25) is 0 Å². The summed E-state index contributed by atoms with van der Waals surface area (Å²) in [5, 5.41) is 9.13. The summed E-state index contributed by atoms with van der Waals surface area (Å²) in [6, 6.07) is 8.48. The molecule has 0 saturated heterocycles. The minimum absolute atomic E-state index is 0.0961. The zero-order valence-electron chi connectivity index (χ0n) is 11.7. The highest BCUT2D eigenvalue weighted by Crippen LogP contribution is 2.19. The van der Waals surface area contributed by atoms with E-state index in [1.165, 1.54) is 18.4 Å². The van der Waals surface area contributed by atoms with Gasteiger partial charge in [0.1, 0.15) is 0 Å². The van der Waals surface area contributed by atoms with Crippen LogP contribution in [-0.2, 0) is 0 Å². The monoisotopic (exact) mass is 261 g/mol. The topological polar surface area (TPSA) is 53.2 Å². The first-order valence-corrected chi connectivity index (χ1v) is 7.04. The fraction of sp³-hybridized carbons (Fsp3) is 0.533. The molecule has 1 aromatic rings. The maximum Gasteiger partial charge on any atom is 0.319 e. The molecule has 0 heterocycles. The molecule has 0 aliphatic heterocycles. The first-order valence-electron chi connectivity index (χ1n) is 7.04. The molecule has 0 spiro atoms. The van der Waals surface area contributed by atoms with Crippen molar-refractivity contribution < 1.29 is 4.79 Å². The fourth-order valence-corrected chi connectivity index (χ4v) is 2.48. The van der Waals surface area contributed by atoms with Gasteiger partial charge in [0.25, 0.3) is 0 Å². The summed E-state index contributed by atoms with van der Waals surface area (Å²) < 4.78 is 0. The number of hydrogen-bond donors (Lipinski definition) is 3. The van der Waals surface area contributed by atoms with Crippen molar-refractivity contribution in [2.24, 2.45) is 0 Å². The van der Waals surface area contributed by atoms with Crippen molar-refractivity contribution in [2.45, 2.75) is 44.7 Å². The quantitative estimate of drug-likeness (QED) is 0.780. The molecule has 1 atom stereocenters. The lowest BCUT2D eigenvalue weighted by atomic mass is 10.1. The second-order valence-electron chi connectivity index (χ2n) is 5.22. The van der Waals surface area contributed by atoms with Gasteiger partial charge in [0.2, 0.25) is 0 Å². The van der Waals surface area contributed by atoms with E-state index in [2.05, 4.69) is 28.9 Å². The highest BCUT2D eigenvalue weighted by Gasteiger charge is 2.17. The molecule has 1 aliphatic rings. The Kier molecular flexibility index (Phi) is 4.80.